The predicted octanol–water partition coefficient (Wildman–Crippen LogP) is 2.97. The Hall–Kier alpha value is -1.22. The average molecular weight is 248 g/mol. The zero-order valence-electron chi connectivity index (χ0n) is 12.1. The molecule has 0 bridgehead atoms. The lowest BCUT2D eigenvalue weighted by Gasteiger charge is -2.48. The van der Waals surface area contributed by atoms with Gasteiger partial charge in [-0.15, -0.1) is 0 Å². The maximum absolute atomic E-state index is 6.11. The van der Waals surface area contributed by atoms with Gasteiger partial charge in [0.15, 0.2) is 0 Å². The maximum Gasteiger partial charge on any atom is 0.0808 e. The molecule has 1 heterocycles. The first-order valence-corrected chi connectivity index (χ1v) is 6.50. The predicted molar refractivity (Wildman–Crippen MR) is 77.0 cm³/mol. The van der Waals surface area contributed by atoms with Crippen LogP contribution in [0.25, 0.3) is 0 Å². The fourth-order valence-electron chi connectivity index (χ4n) is 2.99. The second-order valence-corrected chi connectivity index (χ2v) is 6.52. The number of hydrogen-bond acceptors (Lipinski definition) is 3. The Labute approximate surface area is 110 Å². The highest BCUT2D eigenvalue weighted by atomic mass is 16.5. The first-order chi connectivity index (χ1) is 8.19. The number of hydrogen-bond donors (Lipinski definition) is 1. The molecule has 0 unspecified atom stereocenters. The minimum Gasteiger partial charge on any atom is -0.399 e. The third-order valence-corrected chi connectivity index (χ3v) is 3.26. The monoisotopic (exact) mass is 248 g/mol. The maximum atomic E-state index is 6.11. The lowest BCUT2D eigenvalue weighted by Crippen LogP contribution is -2.57. The molecular weight excluding hydrogens is 224 g/mol. The van der Waals surface area contributed by atoms with E-state index in [9.17, 15) is 0 Å². The first kappa shape index (κ1) is 13.2. The number of benzene rings is 1. The van der Waals surface area contributed by atoms with Gasteiger partial charge in [-0.25, -0.2) is 0 Å². The van der Waals surface area contributed by atoms with Crippen molar-refractivity contribution in [2.24, 2.45) is 0 Å². The fourth-order valence-corrected chi connectivity index (χ4v) is 2.99. The SMILES string of the molecule is Cc1cc(N)ccc1N1CC(C)(C)OC(C)(C)C1. The van der Waals surface area contributed by atoms with Gasteiger partial charge in [0.05, 0.1) is 11.2 Å². The van der Waals surface area contributed by atoms with E-state index in [1.54, 1.807) is 0 Å². The van der Waals surface area contributed by atoms with E-state index in [4.69, 9.17) is 10.5 Å². The Morgan fingerprint density at radius 1 is 1.11 bits per heavy atom. The molecule has 1 aliphatic heterocycles. The summed E-state index contributed by atoms with van der Waals surface area (Å²) in [5.41, 5.74) is 8.87. The van der Waals surface area contributed by atoms with Gasteiger partial charge in [-0.05, 0) is 58.4 Å². The lowest BCUT2D eigenvalue weighted by molar-refractivity contribution is -0.133. The van der Waals surface area contributed by atoms with Crippen molar-refractivity contribution in [2.75, 3.05) is 23.7 Å². The highest BCUT2D eigenvalue weighted by molar-refractivity contribution is 5.59. The summed E-state index contributed by atoms with van der Waals surface area (Å²) in [7, 11) is 0. The average Bonchev–Trinajstić information content (AvgIpc) is 2.11. The van der Waals surface area contributed by atoms with Crippen LogP contribution in [0.2, 0.25) is 0 Å². The van der Waals surface area contributed by atoms with Gasteiger partial charge in [0, 0.05) is 24.5 Å². The molecule has 3 nitrogen and oxygen atoms in total. The summed E-state index contributed by atoms with van der Waals surface area (Å²) in [4.78, 5) is 2.40. The van der Waals surface area contributed by atoms with Crippen LogP contribution in [-0.4, -0.2) is 24.3 Å². The molecule has 2 N–H and O–H groups in total. The minimum absolute atomic E-state index is 0.129. The number of anilines is 2. The topological polar surface area (TPSA) is 38.5 Å². The fraction of sp³-hybridized carbons (Fsp3) is 0.600. The third kappa shape index (κ3) is 2.78. The number of rotatable bonds is 1. The molecule has 18 heavy (non-hydrogen) atoms. The van der Waals surface area contributed by atoms with Crippen LogP contribution < -0.4 is 10.6 Å². The van der Waals surface area contributed by atoms with Crippen molar-refractivity contribution < 1.29 is 4.74 Å². The highest BCUT2D eigenvalue weighted by Gasteiger charge is 2.38. The van der Waals surface area contributed by atoms with Crippen LogP contribution in [0.5, 0.6) is 0 Å². The van der Waals surface area contributed by atoms with Crippen LogP contribution in [0.1, 0.15) is 33.3 Å². The summed E-state index contributed by atoms with van der Waals surface area (Å²) in [5, 5.41) is 0. The standard InChI is InChI=1S/C15H24N2O/c1-11-8-12(16)6-7-13(11)17-9-14(2,3)18-15(4,5)10-17/h6-8H,9-10,16H2,1-5H3. The van der Waals surface area contributed by atoms with E-state index in [1.165, 1.54) is 11.3 Å². The van der Waals surface area contributed by atoms with Gasteiger partial charge in [0.25, 0.3) is 0 Å². The van der Waals surface area contributed by atoms with Gasteiger partial charge in [0.1, 0.15) is 0 Å². The van der Waals surface area contributed by atoms with Crippen LogP contribution in [-0.2, 0) is 4.74 Å². The molecule has 2 rings (SSSR count). The number of ether oxygens (including phenoxy) is 1. The third-order valence-electron chi connectivity index (χ3n) is 3.26. The molecule has 0 amide bonds. The first-order valence-electron chi connectivity index (χ1n) is 6.50. The number of nitrogens with two attached hydrogens (primary N) is 1. The van der Waals surface area contributed by atoms with E-state index < -0.39 is 0 Å². The zero-order valence-corrected chi connectivity index (χ0v) is 12.1. The molecule has 1 aliphatic rings. The van der Waals surface area contributed by atoms with Crippen LogP contribution in [0.4, 0.5) is 11.4 Å². The van der Waals surface area contributed by atoms with Gasteiger partial charge in [-0.1, -0.05) is 0 Å². The summed E-state index contributed by atoms with van der Waals surface area (Å²) in [5.74, 6) is 0. The molecule has 0 atom stereocenters. The number of nitrogen functional groups attached to an aromatic ring is 1. The van der Waals surface area contributed by atoms with Gasteiger partial charge < -0.3 is 15.4 Å². The second-order valence-electron chi connectivity index (χ2n) is 6.52. The molecule has 100 valence electrons. The van der Waals surface area contributed by atoms with Crippen molar-refractivity contribution in [3.05, 3.63) is 23.8 Å². The van der Waals surface area contributed by atoms with Gasteiger partial charge in [-0.2, -0.15) is 0 Å². The van der Waals surface area contributed by atoms with E-state index in [1.807, 2.05) is 12.1 Å². The van der Waals surface area contributed by atoms with E-state index in [0.717, 1.165) is 18.8 Å². The van der Waals surface area contributed by atoms with Gasteiger partial charge >= 0.3 is 0 Å². The Kier molecular flexibility index (Phi) is 3.06. The summed E-state index contributed by atoms with van der Waals surface area (Å²) in [6, 6.07) is 6.12. The Balaban J connectivity index is 2.32. The van der Waals surface area contributed by atoms with Crippen molar-refractivity contribution in [1.82, 2.24) is 0 Å². The summed E-state index contributed by atoms with van der Waals surface area (Å²) in [6.45, 7) is 12.5. The normalized spacial score (nSPS) is 21.9. The van der Waals surface area contributed by atoms with Gasteiger partial charge in [-0.3, -0.25) is 0 Å². The molecule has 1 aromatic rings. The zero-order chi connectivity index (χ0) is 13.6. The van der Waals surface area contributed by atoms with Crippen molar-refractivity contribution in [3.63, 3.8) is 0 Å². The van der Waals surface area contributed by atoms with E-state index in [2.05, 4.69) is 45.6 Å². The summed E-state index contributed by atoms with van der Waals surface area (Å²) >= 11 is 0. The largest absolute Gasteiger partial charge is 0.399 e. The van der Waals surface area contributed by atoms with Crippen LogP contribution in [0, 0.1) is 6.92 Å². The molecule has 3 heteroatoms. The minimum atomic E-state index is -0.129. The van der Waals surface area contributed by atoms with E-state index in [0.29, 0.717) is 0 Å². The molecule has 0 aromatic heterocycles. The Morgan fingerprint density at radius 3 is 2.17 bits per heavy atom. The summed E-state index contributed by atoms with van der Waals surface area (Å²) in [6.07, 6.45) is 0. The lowest BCUT2D eigenvalue weighted by atomic mass is 9.97. The molecule has 0 spiro atoms. The highest BCUT2D eigenvalue weighted by Crippen LogP contribution is 2.33. The molecular formula is C15H24N2O. The number of aryl methyl sites for hydroxylation is 1. The van der Waals surface area contributed by atoms with Crippen LogP contribution >= 0.6 is 0 Å². The molecule has 0 radical (unpaired) electrons. The van der Waals surface area contributed by atoms with E-state index in [-0.39, 0.29) is 11.2 Å². The molecule has 0 saturated carbocycles. The van der Waals surface area contributed by atoms with Gasteiger partial charge in [0.2, 0.25) is 0 Å². The second kappa shape index (κ2) is 4.16. The summed E-state index contributed by atoms with van der Waals surface area (Å²) < 4.78 is 6.11. The molecule has 1 fully saturated rings. The van der Waals surface area contributed by atoms with Crippen molar-refractivity contribution >= 4 is 11.4 Å². The van der Waals surface area contributed by atoms with Crippen molar-refractivity contribution in [1.29, 1.82) is 0 Å². The molecule has 0 aliphatic carbocycles. The quantitative estimate of drug-likeness (QED) is 0.777. The molecule has 1 saturated heterocycles. The molecule has 1 aromatic carbocycles. The number of nitrogens with zero attached hydrogens (tertiary/aromatic N) is 1. The van der Waals surface area contributed by atoms with Crippen LogP contribution in [0.3, 0.4) is 0 Å². The smallest absolute Gasteiger partial charge is 0.0808 e. The van der Waals surface area contributed by atoms with Crippen molar-refractivity contribution in [3.8, 4) is 0 Å². The van der Waals surface area contributed by atoms with Crippen LogP contribution in [0.15, 0.2) is 18.2 Å². The Bertz CT molecular complexity index is 436. The van der Waals surface area contributed by atoms with E-state index >= 15 is 0 Å². The van der Waals surface area contributed by atoms with Crippen molar-refractivity contribution in [2.45, 2.75) is 45.8 Å². The Morgan fingerprint density at radius 2 is 1.67 bits per heavy atom. The number of morpholine rings is 1.